The number of nitrogens with zero attached hydrogens (tertiary/aromatic N) is 3. The molecule has 36 heavy (non-hydrogen) atoms. The summed E-state index contributed by atoms with van der Waals surface area (Å²) in [7, 11) is -3.50. The number of fused-ring (bicyclic) bond motifs is 1. The lowest BCUT2D eigenvalue weighted by Gasteiger charge is -2.33. The maximum Gasteiger partial charge on any atom is 0.243 e. The number of carbonyl (C=O) groups excluding carboxylic acids is 1. The van der Waals surface area contributed by atoms with Crippen LogP contribution in [0.15, 0.2) is 53.4 Å². The van der Waals surface area contributed by atoms with Crippen molar-refractivity contribution in [3.05, 3.63) is 59.9 Å². The van der Waals surface area contributed by atoms with Crippen LogP contribution in [0.3, 0.4) is 0 Å². The SMILES string of the molecule is Cc1cc(F)ccc1NC(=O)C1CCCN(c2ccc3cc(S(=O)(=O)N4CCCCC4)ccc3n2)C1. The monoisotopic (exact) mass is 510 g/mol. The Morgan fingerprint density at radius 2 is 1.81 bits per heavy atom. The highest BCUT2D eigenvalue weighted by Crippen LogP contribution is 2.28. The molecule has 7 nitrogen and oxygen atoms in total. The van der Waals surface area contributed by atoms with Crippen molar-refractivity contribution >= 4 is 38.3 Å². The Hall–Kier alpha value is -3.04. The Labute approximate surface area is 211 Å². The lowest BCUT2D eigenvalue weighted by molar-refractivity contribution is -0.120. The molecule has 1 atom stereocenters. The van der Waals surface area contributed by atoms with E-state index >= 15 is 0 Å². The van der Waals surface area contributed by atoms with Crippen LogP contribution in [-0.4, -0.2) is 49.8 Å². The zero-order valence-electron chi connectivity index (χ0n) is 20.4. The van der Waals surface area contributed by atoms with Crippen LogP contribution >= 0.6 is 0 Å². The first-order valence-electron chi connectivity index (χ1n) is 12.5. The van der Waals surface area contributed by atoms with Gasteiger partial charge in [0.1, 0.15) is 11.6 Å². The highest BCUT2D eigenvalue weighted by Gasteiger charge is 2.28. The maximum atomic E-state index is 13.4. The topological polar surface area (TPSA) is 82.6 Å². The fourth-order valence-electron chi connectivity index (χ4n) is 5.09. The van der Waals surface area contributed by atoms with Crippen molar-refractivity contribution in [1.82, 2.24) is 9.29 Å². The summed E-state index contributed by atoms with van der Waals surface area (Å²) in [5.41, 5.74) is 2.03. The van der Waals surface area contributed by atoms with E-state index in [0.717, 1.165) is 55.4 Å². The third-order valence-corrected chi connectivity index (χ3v) is 9.06. The Morgan fingerprint density at radius 1 is 1.00 bits per heavy atom. The van der Waals surface area contributed by atoms with Crippen LogP contribution in [0.2, 0.25) is 0 Å². The van der Waals surface area contributed by atoms with E-state index in [9.17, 15) is 17.6 Å². The number of hydrogen-bond donors (Lipinski definition) is 1. The average molecular weight is 511 g/mol. The molecule has 0 radical (unpaired) electrons. The van der Waals surface area contributed by atoms with Gasteiger partial charge in [0.25, 0.3) is 0 Å². The number of piperidine rings is 2. The quantitative estimate of drug-likeness (QED) is 0.538. The molecule has 3 aromatic rings. The predicted molar refractivity (Wildman–Crippen MR) is 139 cm³/mol. The fraction of sp³-hybridized carbons (Fsp3) is 0.407. The summed E-state index contributed by atoms with van der Waals surface area (Å²) in [6.07, 6.45) is 4.49. The molecule has 0 spiro atoms. The zero-order chi connectivity index (χ0) is 25.3. The van der Waals surface area contributed by atoms with E-state index in [4.69, 9.17) is 4.98 Å². The summed E-state index contributed by atoms with van der Waals surface area (Å²) in [5, 5.41) is 3.72. The van der Waals surface area contributed by atoms with Gasteiger partial charge in [-0.3, -0.25) is 4.79 Å². The second-order valence-corrected chi connectivity index (χ2v) is 11.7. The largest absolute Gasteiger partial charge is 0.356 e. The molecule has 0 bridgehead atoms. The fourth-order valence-corrected chi connectivity index (χ4v) is 6.64. The molecule has 3 heterocycles. The molecule has 1 N–H and O–H groups in total. The van der Waals surface area contributed by atoms with Crippen LogP contribution < -0.4 is 10.2 Å². The first kappa shape index (κ1) is 24.6. The molecule has 9 heteroatoms. The number of amides is 1. The van der Waals surface area contributed by atoms with Gasteiger partial charge in [-0.05, 0) is 86.7 Å². The number of anilines is 2. The van der Waals surface area contributed by atoms with Crippen molar-refractivity contribution in [2.75, 3.05) is 36.4 Å². The summed E-state index contributed by atoms with van der Waals surface area (Å²) in [5.74, 6) is 0.151. The van der Waals surface area contributed by atoms with Crippen molar-refractivity contribution in [2.24, 2.45) is 5.92 Å². The summed E-state index contributed by atoms with van der Waals surface area (Å²) >= 11 is 0. The second kappa shape index (κ2) is 10.1. The average Bonchev–Trinajstić information content (AvgIpc) is 2.90. The highest BCUT2D eigenvalue weighted by molar-refractivity contribution is 7.89. The van der Waals surface area contributed by atoms with Gasteiger partial charge in [0.15, 0.2) is 0 Å². The number of aryl methyl sites for hydroxylation is 1. The van der Waals surface area contributed by atoms with Crippen molar-refractivity contribution in [2.45, 2.75) is 43.9 Å². The molecule has 2 saturated heterocycles. The number of aromatic nitrogens is 1. The van der Waals surface area contributed by atoms with Gasteiger partial charge >= 0.3 is 0 Å². The summed E-state index contributed by atoms with van der Waals surface area (Å²) in [6.45, 7) is 4.24. The van der Waals surface area contributed by atoms with Crippen LogP contribution in [0.5, 0.6) is 0 Å². The van der Waals surface area contributed by atoms with E-state index in [-0.39, 0.29) is 17.6 Å². The van der Waals surface area contributed by atoms with Crippen molar-refractivity contribution < 1.29 is 17.6 Å². The van der Waals surface area contributed by atoms with Gasteiger partial charge in [0.2, 0.25) is 15.9 Å². The Morgan fingerprint density at radius 3 is 2.58 bits per heavy atom. The Balaban J connectivity index is 1.31. The van der Waals surface area contributed by atoms with Crippen LogP contribution in [-0.2, 0) is 14.8 Å². The minimum Gasteiger partial charge on any atom is -0.356 e. The van der Waals surface area contributed by atoms with Gasteiger partial charge < -0.3 is 10.2 Å². The molecule has 2 fully saturated rings. The third-order valence-electron chi connectivity index (χ3n) is 7.16. The number of rotatable bonds is 5. The number of nitrogens with one attached hydrogen (secondary N) is 1. The van der Waals surface area contributed by atoms with Crippen molar-refractivity contribution in [1.29, 1.82) is 0 Å². The summed E-state index contributed by atoms with van der Waals surface area (Å²) < 4.78 is 41.1. The smallest absolute Gasteiger partial charge is 0.243 e. The maximum absolute atomic E-state index is 13.4. The van der Waals surface area contributed by atoms with Gasteiger partial charge in [-0.15, -0.1) is 0 Å². The predicted octanol–water partition coefficient (Wildman–Crippen LogP) is 4.71. The van der Waals surface area contributed by atoms with Crippen molar-refractivity contribution in [3.63, 3.8) is 0 Å². The summed E-state index contributed by atoms with van der Waals surface area (Å²) in [4.78, 5) is 20.1. The Bertz CT molecular complexity index is 1390. The highest BCUT2D eigenvalue weighted by atomic mass is 32.2. The van der Waals surface area contributed by atoms with E-state index in [2.05, 4.69) is 10.2 Å². The standard InChI is InChI=1S/C27H31FN4O3S/c1-19-16-22(28)8-10-24(19)30-27(33)21-6-5-13-31(18-21)26-12-7-20-17-23(9-11-25(20)29-26)36(34,35)32-14-3-2-4-15-32/h7-12,16-17,21H,2-6,13-15,18H2,1H3,(H,30,33). The number of sulfonamides is 1. The van der Waals surface area contributed by atoms with E-state index < -0.39 is 10.0 Å². The minimum atomic E-state index is -3.50. The van der Waals surface area contributed by atoms with Crippen LogP contribution in [0, 0.1) is 18.7 Å². The lowest BCUT2D eigenvalue weighted by Crippen LogP contribution is -2.41. The van der Waals surface area contributed by atoms with Gasteiger partial charge in [0.05, 0.1) is 16.3 Å². The number of carbonyl (C=O) groups is 1. The van der Waals surface area contributed by atoms with Gasteiger partial charge in [-0.1, -0.05) is 6.42 Å². The minimum absolute atomic E-state index is 0.0808. The molecule has 2 aromatic carbocycles. The summed E-state index contributed by atoms with van der Waals surface area (Å²) in [6, 6.07) is 13.2. The number of benzene rings is 2. The van der Waals surface area contributed by atoms with E-state index in [1.54, 1.807) is 35.5 Å². The molecule has 0 saturated carbocycles. The van der Waals surface area contributed by atoms with Gasteiger partial charge in [-0.2, -0.15) is 4.31 Å². The Kier molecular flexibility index (Phi) is 6.94. The lowest BCUT2D eigenvalue weighted by atomic mass is 9.96. The van der Waals surface area contributed by atoms with Crippen LogP contribution in [0.25, 0.3) is 10.9 Å². The number of halogens is 1. The van der Waals surface area contributed by atoms with Gasteiger partial charge in [0, 0.05) is 37.3 Å². The molecule has 1 unspecified atom stereocenters. The first-order chi connectivity index (χ1) is 17.3. The molecule has 1 aromatic heterocycles. The van der Waals surface area contributed by atoms with E-state index in [1.165, 1.54) is 12.1 Å². The molecule has 2 aliphatic rings. The second-order valence-electron chi connectivity index (χ2n) is 9.72. The van der Waals surface area contributed by atoms with Crippen LogP contribution in [0.1, 0.15) is 37.7 Å². The molecule has 0 aliphatic carbocycles. The third kappa shape index (κ3) is 5.08. The molecular formula is C27H31FN4O3S. The van der Waals surface area contributed by atoms with E-state index in [0.29, 0.717) is 35.8 Å². The first-order valence-corrected chi connectivity index (χ1v) is 14.0. The number of pyridine rings is 1. The molecular weight excluding hydrogens is 479 g/mol. The van der Waals surface area contributed by atoms with Crippen LogP contribution in [0.4, 0.5) is 15.9 Å². The molecule has 5 rings (SSSR count). The molecule has 2 aliphatic heterocycles. The van der Waals surface area contributed by atoms with Crippen molar-refractivity contribution in [3.8, 4) is 0 Å². The number of hydrogen-bond acceptors (Lipinski definition) is 5. The normalized spacial score (nSPS) is 19.4. The molecule has 1 amide bonds. The van der Waals surface area contributed by atoms with Gasteiger partial charge in [-0.25, -0.2) is 17.8 Å². The van der Waals surface area contributed by atoms with E-state index in [1.807, 2.05) is 12.1 Å². The molecule has 190 valence electrons. The zero-order valence-corrected chi connectivity index (χ0v) is 21.2.